The Morgan fingerprint density at radius 3 is 2.25 bits per heavy atom. The first-order valence-corrected chi connectivity index (χ1v) is 6.75. The molecule has 0 aromatic rings. The van der Waals surface area contributed by atoms with Crippen molar-refractivity contribution in [3.05, 3.63) is 0 Å². The molecule has 0 bridgehead atoms. The van der Waals surface area contributed by atoms with Crippen LogP contribution in [-0.4, -0.2) is 30.7 Å². The zero-order valence-electron chi connectivity index (χ0n) is 11.9. The number of halogens is 1. The molecule has 0 saturated carbocycles. The highest BCUT2D eigenvalue weighted by Crippen LogP contribution is 2.21. The monoisotopic (exact) mass is 231 g/mol. The van der Waals surface area contributed by atoms with Crippen LogP contribution in [0, 0.1) is 5.92 Å². The first-order chi connectivity index (χ1) is 7.47. The fourth-order valence-corrected chi connectivity index (χ4v) is 2.19. The molecule has 0 unspecified atom stereocenters. The Morgan fingerprint density at radius 2 is 1.81 bits per heavy atom. The van der Waals surface area contributed by atoms with Crippen molar-refractivity contribution in [1.29, 1.82) is 0 Å². The molecule has 0 rings (SSSR count). The van der Waals surface area contributed by atoms with Crippen molar-refractivity contribution >= 4 is 0 Å². The third-order valence-corrected chi connectivity index (χ3v) is 3.86. The average Bonchev–Trinajstić information content (AvgIpc) is 2.23. The van der Waals surface area contributed by atoms with Gasteiger partial charge in [0.25, 0.3) is 0 Å². The Morgan fingerprint density at radius 1 is 1.19 bits per heavy atom. The van der Waals surface area contributed by atoms with E-state index in [0.29, 0.717) is 5.92 Å². The van der Waals surface area contributed by atoms with Gasteiger partial charge in [0.05, 0.1) is 6.67 Å². The second-order valence-corrected chi connectivity index (χ2v) is 5.52. The van der Waals surface area contributed by atoms with E-state index in [-0.39, 0.29) is 12.2 Å². The second kappa shape index (κ2) is 8.05. The van der Waals surface area contributed by atoms with Gasteiger partial charge in [0.1, 0.15) is 0 Å². The summed E-state index contributed by atoms with van der Waals surface area (Å²) < 4.78 is 12.3. The topological polar surface area (TPSA) is 3.24 Å². The maximum atomic E-state index is 12.3. The second-order valence-electron chi connectivity index (χ2n) is 5.52. The molecule has 0 aromatic carbocycles. The van der Waals surface area contributed by atoms with Crippen molar-refractivity contribution < 1.29 is 4.39 Å². The van der Waals surface area contributed by atoms with Crippen molar-refractivity contribution in [3.63, 3.8) is 0 Å². The summed E-state index contributed by atoms with van der Waals surface area (Å²) >= 11 is 0. The summed E-state index contributed by atoms with van der Waals surface area (Å²) in [5, 5.41) is 0. The molecule has 0 aromatic heterocycles. The zero-order chi connectivity index (χ0) is 12.6. The Hall–Kier alpha value is -0.110. The summed E-state index contributed by atoms with van der Waals surface area (Å²) in [5.74, 6) is 0.560. The fraction of sp³-hybridized carbons (Fsp3) is 1.00. The highest BCUT2D eigenvalue weighted by atomic mass is 19.1. The summed E-state index contributed by atoms with van der Waals surface area (Å²) in [4.78, 5) is 2.43. The number of hydrogen-bond acceptors (Lipinski definition) is 1. The predicted octanol–water partition coefficient (Wildman–Crippen LogP) is 4.27. The van der Waals surface area contributed by atoms with Gasteiger partial charge >= 0.3 is 0 Å². The molecular weight excluding hydrogens is 201 g/mol. The largest absolute Gasteiger partial charge is 0.301 e. The molecule has 0 heterocycles. The van der Waals surface area contributed by atoms with Crippen LogP contribution in [0.1, 0.15) is 59.8 Å². The normalized spacial score (nSPS) is 14.4. The Balaban J connectivity index is 3.98. The van der Waals surface area contributed by atoms with Crippen LogP contribution in [0.5, 0.6) is 0 Å². The van der Waals surface area contributed by atoms with Gasteiger partial charge in [-0.15, -0.1) is 0 Å². The first-order valence-electron chi connectivity index (χ1n) is 6.75. The van der Waals surface area contributed by atoms with Gasteiger partial charge < -0.3 is 4.90 Å². The lowest BCUT2D eigenvalue weighted by Gasteiger charge is -2.36. The van der Waals surface area contributed by atoms with Crippen LogP contribution in [0.15, 0.2) is 0 Å². The Kier molecular flexibility index (Phi) is 8.00. The van der Waals surface area contributed by atoms with Crippen LogP contribution in [0.4, 0.5) is 4.39 Å². The molecule has 0 spiro atoms. The van der Waals surface area contributed by atoms with E-state index in [4.69, 9.17) is 0 Å². The molecule has 0 N–H and O–H groups in total. The van der Waals surface area contributed by atoms with E-state index >= 15 is 0 Å². The van der Waals surface area contributed by atoms with Crippen molar-refractivity contribution in [1.82, 2.24) is 4.90 Å². The van der Waals surface area contributed by atoms with Crippen LogP contribution in [0.2, 0.25) is 0 Å². The third kappa shape index (κ3) is 5.83. The van der Waals surface area contributed by atoms with Crippen LogP contribution in [0.3, 0.4) is 0 Å². The molecule has 1 nitrogen and oxygen atoms in total. The lowest BCUT2D eigenvalue weighted by molar-refractivity contribution is 0.132. The number of rotatable bonds is 9. The standard InChI is InChI=1S/C14H30FN/c1-6-10-14(3,4)16(5)12-9-13(7-2)8-11-15/h13H,6-12H2,1-5H3/t13-/m1/s1. The molecule has 0 aliphatic heterocycles. The molecule has 0 radical (unpaired) electrons. The van der Waals surface area contributed by atoms with Gasteiger partial charge in [-0.3, -0.25) is 4.39 Å². The van der Waals surface area contributed by atoms with Gasteiger partial charge in [-0.25, -0.2) is 0 Å². The number of hydrogen-bond donors (Lipinski definition) is 0. The summed E-state index contributed by atoms with van der Waals surface area (Å²) in [6.45, 7) is 9.91. The van der Waals surface area contributed by atoms with E-state index in [9.17, 15) is 4.39 Å². The van der Waals surface area contributed by atoms with Gasteiger partial charge in [0, 0.05) is 5.54 Å². The lowest BCUT2D eigenvalue weighted by atomic mass is 9.94. The van der Waals surface area contributed by atoms with Crippen LogP contribution < -0.4 is 0 Å². The van der Waals surface area contributed by atoms with Crippen LogP contribution in [0.25, 0.3) is 0 Å². The van der Waals surface area contributed by atoms with Crippen molar-refractivity contribution in [2.24, 2.45) is 5.92 Å². The van der Waals surface area contributed by atoms with Crippen LogP contribution in [-0.2, 0) is 0 Å². The summed E-state index contributed by atoms with van der Waals surface area (Å²) in [7, 11) is 2.19. The molecule has 98 valence electrons. The van der Waals surface area contributed by atoms with Gasteiger partial charge in [-0.05, 0) is 52.6 Å². The van der Waals surface area contributed by atoms with E-state index in [1.165, 1.54) is 12.8 Å². The highest BCUT2D eigenvalue weighted by Gasteiger charge is 2.22. The summed E-state index contributed by atoms with van der Waals surface area (Å²) in [5.41, 5.74) is 0.281. The average molecular weight is 231 g/mol. The smallest absolute Gasteiger partial charge is 0.0897 e. The molecule has 0 aliphatic carbocycles. The minimum atomic E-state index is -0.166. The lowest BCUT2D eigenvalue weighted by Crippen LogP contribution is -2.41. The summed E-state index contributed by atoms with van der Waals surface area (Å²) in [6.07, 6.45) is 5.41. The van der Waals surface area contributed by atoms with Gasteiger partial charge in [0.2, 0.25) is 0 Å². The molecule has 0 amide bonds. The van der Waals surface area contributed by atoms with E-state index in [2.05, 4.69) is 39.6 Å². The summed E-state index contributed by atoms with van der Waals surface area (Å²) in [6, 6.07) is 0. The van der Waals surface area contributed by atoms with Crippen molar-refractivity contribution in [2.45, 2.75) is 65.3 Å². The van der Waals surface area contributed by atoms with E-state index in [1.54, 1.807) is 0 Å². The van der Waals surface area contributed by atoms with Crippen molar-refractivity contribution in [3.8, 4) is 0 Å². The van der Waals surface area contributed by atoms with Crippen molar-refractivity contribution in [2.75, 3.05) is 20.3 Å². The maximum absolute atomic E-state index is 12.3. The Labute approximate surface area is 101 Å². The van der Waals surface area contributed by atoms with Crippen LogP contribution >= 0.6 is 0 Å². The molecule has 0 saturated heterocycles. The predicted molar refractivity (Wildman–Crippen MR) is 70.6 cm³/mol. The minimum Gasteiger partial charge on any atom is -0.301 e. The van der Waals surface area contributed by atoms with Gasteiger partial charge in [-0.1, -0.05) is 26.7 Å². The molecule has 2 heteroatoms. The third-order valence-electron chi connectivity index (χ3n) is 3.86. The quantitative estimate of drug-likeness (QED) is 0.572. The molecular formula is C14H30FN. The fourth-order valence-electron chi connectivity index (χ4n) is 2.19. The molecule has 0 aliphatic rings. The Bertz CT molecular complexity index is 168. The number of nitrogens with zero attached hydrogens (tertiary/aromatic N) is 1. The molecule has 0 fully saturated rings. The highest BCUT2D eigenvalue weighted by molar-refractivity contribution is 4.78. The minimum absolute atomic E-state index is 0.166. The van der Waals surface area contributed by atoms with Gasteiger partial charge in [-0.2, -0.15) is 0 Å². The van der Waals surface area contributed by atoms with E-state index in [1.807, 2.05) is 0 Å². The molecule has 1 atom stereocenters. The maximum Gasteiger partial charge on any atom is 0.0897 e. The first kappa shape index (κ1) is 15.9. The molecule has 16 heavy (non-hydrogen) atoms. The SMILES string of the molecule is CCCC(C)(C)N(C)CC[C@H](CC)CCF. The van der Waals surface area contributed by atoms with E-state index in [0.717, 1.165) is 25.8 Å². The number of alkyl halides is 1. The zero-order valence-corrected chi connectivity index (χ0v) is 11.9. The van der Waals surface area contributed by atoms with E-state index < -0.39 is 0 Å². The van der Waals surface area contributed by atoms with Gasteiger partial charge in [0.15, 0.2) is 0 Å².